The SMILES string of the molecule is CCC1Oc2ccc(C)cc2N(CC(=O)n2ccnc2)C1=O. The largest absolute Gasteiger partial charge is 0.478 e. The van der Waals surface area contributed by atoms with Gasteiger partial charge in [-0.2, -0.15) is 0 Å². The summed E-state index contributed by atoms with van der Waals surface area (Å²) in [6.45, 7) is 3.79. The molecule has 114 valence electrons. The monoisotopic (exact) mass is 299 g/mol. The van der Waals surface area contributed by atoms with Gasteiger partial charge in [0, 0.05) is 12.4 Å². The number of hydrogen-bond acceptors (Lipinski definition) is 4. The molecule has 0 N–H and O–H groups in total. The van der Waals surface area contributed by atoms with E-state index in [1.54, 1.807) is 6.20 Å². The number of hydrogen-bond donors (Lipinski definition) is 0. The number of aromatic nitrogens is 2. The number of benzene rings is 1. The molecule has 1 aromatic heterocycles. The number of anilines is 1. The molecule has 2 aromatic rings. The molecule has 1 aliphatic rings. The zero-order valence-electron chi connectivity index (χ0n) is 12.5. The molecule has 22 heavy (non-hydrogen) atoms. The van der Waals surface area contributed by atoms with Crippen LogP contribution in [0.15, 0.2) is 36.9 Å². The van der Waals surface area contributed by atoms with Gasteiger partial charge in [0.15, 0.2) is 6.10 Å². The molecule has 0 fully saturated rings. The van der Waals surface area contributed by atoms with Crippen molar-refractivity contribution >= 4 is 17.5 Å². The van der Waals surface area contributed by atoms with Crippen molar-refractivity contribution in [2.45, 2.75) is 26.4 Å². The molecule has 1 aliphatic heterocycles. The first-order valence-electron chi connectivity index (χ1n) is 7.20. The molecule has 2 heterocycles. The van der Waals surface area contributed by atoms with Crippen LogP contribution >= 0.6 is 0 Å². The van der Waals surface area contributed by atoms with Crippen molar-refractivity contribution < 1.29 is 14.3 Å². The second kappa shape index (κ2) is 5.63. The number of fused-ring (bicyclic) bond motifs is 1. The lowest BCUT2D eigenvalue weighted by molar-refractivity contribution is -0.126. The van der Waals surface area contributed by atoms with Crippen molar-refractivity contribution in [2.24, 2.45) is 0 Å². The van der Waals surface area contributed by atoms with E-state index in [2.05, 4.69) is 4.98 Å². The molecular formula is C16H17N3O3. The zero-order chi connectivity index (χ0) is 15.7. The summed E-state index contributed by atoms with van der Waals surface area (Å²) in [4.78, 5) is 30.2. The number of carbonyl (C=O) groups is 2. The van der Waals surface area contributed by atoms with Crippen LogP contribution in [-0.4, -0.2) is 34.0 Å². The molecule has 1 aromatic carbocycles. The van der Waals surface area contributed by atoms with E-state index in [0.717, 1.165) is 5.56 Å². The van der Waals surface area contributed by atoms with Gasteiger partial charge in [-0.15, -0.1) is 0 Å². The Balaban J connectivity index is 1.95. The van der Waals surface area contributed by atoms with Crippen LogP contribution in [0.4, 0.5) is 5.69 Å². The fourth-order valence-corrected chi connectivity index (χ4v) is 2.48. The molecule has 3 rings (SSSR count). The number of amides is 1. The summed E-state index contributed by atoms with van der Waals surface area (Å²) in [6, 6.07) is 5.63. The summed E-state index contributed by atoms with van der Waals surface area (Å²) < 4.78 is 7.10. The Hall–Kier alpha value is -2.63. The summed E-state index contributed by atoms with van der Waals surface area (Å²) in [5, 5.41) is 0. The first-order valence-corrected chi connectivity index (χ1v) is 7.20. The highest BCUT2D eigenvalue weighted by atomic mass is 16.5. The highest BCUT2D eigenvalue weighted by molar-refractivity contribution is 6.04. The predicted octanol–water partition coefficient (Wildman–Crippen LogP) is 2.04. The Morgan fingerprint density at radius 3 is 2.91 bits per heavy atom. The van der Waals surface area contributed by atoms with E-state index in [-0.39, 0.29) is 18.4 Å². The maximum absolute atomic E-state index is 12.6. The minimum Gasteiger partial charge on any atom is -0.478 e. The van der Waals surface area contributed by atoms with Gasteiger partial charge in [-0.25, -0.2) is 4.98 Å². The summed E-state index contributed by atoms with van der Waals surface area (Å²) in [6.07, 6.45) is 4.54. The second-order valence-corrected chi connectivity index (χ2v) is 5.27. The average Bonchev–Trinajstić information content (AvgIpc) is 3.04. The van der Waals surface area contributed by atoms with Gasteiger partial charge in [-0.3, -0.25) is 19.1 Å². The Morgan fingerprint density at radius 2 is 2.23 bits per heavy atom. The lowest BCUT2D eigenvalue weighted by Crippen LogP contribution is -2.48. The van der Waals surface area contributed by atoms with Gasteiger partial charge in [-0.05, 0) is 31.0 Å². The quantitative estimate of drug-likeness (QED) is 0.870. The van der Waals surface area contributed by atoms with Crippen molar-refractivity contribution in [3.63, 3.8) is 0 Å². The standard InChI is InChI=1S/C16H17N3O3/c1-3-13-16(21)19(9-15(20)18-7-6-17-10-18)12-8-11(2)4-5-14(12)22-13/h4-8,10,13H,3,9H2,1-2H3. The molecule has 0 saturated heterocycles. The number of rotatable bonds is 3. The summed E-state index contributed by atoms with van der Waals surface area (Å²) in [5.41, 5.74) is 1.65. The van der Waals surface area contributed by atoms with Gasteiger partial charge in [0.25, 0.3) is 11.8 Å². The molecule has 1 atom stereocenters. The van der Waals surface area contributed by atoms with E-state index < -0.39 is 6.10 Å². The highest BCUT2D eigenvalue weighted by Gasteiger charge is 2.34. The van der Waals surface area contributed by atoms with E-state index in [4.69, 9.17) is 4.74 Å². The number of aryl methyl sites for hydroxylation is 1. The Kier molecular flexibility index (Phi) is 3.66. The molecule has 0 bridgehead atoms. The van der Waals surface area contributed by atoms with E-state index in [9.17, 15) is 9.59 Å². The van der Waals surface area contributed by atoms with Crippen LogP contribution in [-0.2, 0) is 4.79 Å². The van der Waals surface area contributed by atoms with Crippen LogP contribution in [0.25, 0.3) is 0 Å². The Bertz CT molecular complexity index is 709. The third-order valence-corrected chi connectivity index (χ3v) is 3.67. The predicted molar refractivity (Wildman–Crippen MR) is 81.1 cm³/mol. The third-order valence-electron chi connectivity index (χ3n) is 3.67. The molecule has 1 unspecified atom stereocenters. The molecule has 6 heteroatoms. The van der Waals surface area contributed by atoms with Crippen LogP contribution in [0, 0.1) is 6.92 Å². The van der Waals surface area contributed by atoms with Crippen molar-refractivity contribution in [3.05, 3.63) is 42.5 Å². The van der Waals surface area contributed by atoms with E-state index >= 15 is 0 Å². The van der Waals surface area contributed by atoms with Crippen LogP contribution in [0.2, 0.25) is 0 Å². The number of imidazole rings is 1. The number of nitrogens with zero attached hydrogens (tertiary/aromatic N) is 3. The summed E-state index contributed by atoms with van der Waals surface area (Å²) >= 11 is 0. The van der Waals surface area contributed by atoms with Crippen molar-refractivity contribution in [1.82, 2.24) is 9.55 Å². The van der Waals surface area contributed by atoms with Crippen molar-refractivity contribution in [2.75, 3.05) is 11.4 Å². The molecule has 0 saturated carbocycles. The van der Waals surface area contributed by atoms with Crippen molar-refractivity contribution in [3.8, 4) is 5.75 Å². The molecule has 1 amide bonds. The fourth-order valence-electron chi connectivity index (χ4n) is 2.48. The van der Waals surface area contributed by atoms with Crippen LogP contribution in [0.5, 0.6) is 5.75 Å². The van der Waals surface area contributed by atoms with E-state index in [1.807, 2.05) is 32.0 Å². The molecule has 0 radical (unpaired) electrons. The highest BCUT2D eigenvalue weighted by Crippen LogP contribution is 2.35. The van der Waals surface area contributed by atoms with Gasteiger partial charge in [0.05, 0.1) is 5.69 Å². The topological polar surface area (TPSA) is 64.4 Å². The normalized spacial score (nSPS) is 17.1. The minimum atomic E-state index is -0.550. The van der Waals surface area contributed by atoms with Gasteiger partial charge in [-0.1, -0.05) is 13.0 Å². The maximum atomic E-state index is 12.6. The number of ether oxygens (including phenoxy) is 1. The summed E-state index contributed by atoms with van der Waals surface area (Å²) in [7, 11) is 0. The van der Waals surface area contributed by atoms with Crippen molar-refractivity contribution in [1.29, 1.82) is 0 Å². The first-order chi connectivity index (χ1) is 10.6. The first kappa shape index (κ1) is 14.3. The maximum Gasteiger partial charge on any atom is 0.268 e. The molecule has 6 nitrogen and oxygen atoms in total. The van der Waals surface area contributed by atoms with Gasteiger partial charge in [0.2, 0.25) is 0 Å². The van der Waals surface area contributed by atoms with Gasteiger partial charge >= 0.3 is 0 Å². The smallest absolute Gasteiger partial charge is 0.268 e. The van der Waals surface area contributed by atoms with Crippen LogP contribution < -0.4 is 9.64 Å². The third kappa shape index (κ3) is 2.47. The average molecular weight is 299 g/mol. The zero-order valence-corrected chi connectivity index (χ0v) is 12.5. The second-order valence-electron chi connectivity index (χ2n) is 5.27. The Labute approximate surface area is 128 Å². The molecule has 0 aliphatic carbocycles. The summed E-state index contributed by atoms with van der Waals surface area (Å²) in [5.74, 6) is 0.236. The Morgan fingerprint density at radius 1 is 1.41 bits per heavy atom. The molecule has 0 spiro atoms. The van der Waals surface area contributed by atoms with Gasteiger partial charge < -0.3 is 4.74 Å². The minimum absolute atomic E-state index is 0.0362. The number of carbonyl (C=O) groups excluding carboxylic acids is 2. The lowest BCUT2D eigenvalue weighted by Gasteiger charge is -2.33. The fraction of sp³-hybridized carbons (Fsp3) is 0.312. The van der Waals surface area contributed by atoms with Crippen LogP contribution in [0.1, 0.15) is 23.7 Å². The lowest BCUT2D eigenvalue weighted by atomic mass is 10.1. The van der Waals surface area contributed by atoms with Crippen LogP contribution in [0.3, 0.4) is 0 Å². The molecular weight excluding hydrogens is 282 g/mol. The van der Waals surface area contributed by atoms with Gasteiger partial charge in [0.1, 0.15) is 18.6 Å². The van der Waals surface area contributed by atoms with E-state index in [0.29, 0.717) is 17.9 Å². The van der Waals surface area contributed by atoms with E-state index in [1.165, 1.54) is 22.0 Å².